The van der Waals surface area contributed by atoms with Crippen LogP contribution in [0.4, 0.5) is 4.39 Å². The maximum atomic E-state index is 13.5. The highest BCUT2D eigenvalue weighted by Gasteiger charge is 2.05. The highest BCUT2D eigenvalue weighted by atomic mass is 19.1. The molecule has 2 rings (SSSR count). The molecule has 0 aliphatic heterocycles. The molecule has 1 aromatic carbocycles. The summed E-state index contributed by atoms with van der Waals surface area (Å²) in [7, 11) is 1.64. The molecule has 0 bridgehead atoms. The Morgan fingerprint density at radius 2 is 2.15 bits per heavy atom. The summed E-state index contributed by atoms with van der Waals surface area (Å²) in [6, 6.07) is 4.34. The zero-order valence-corrected chi connectivity index (χ0v) is 10.8. The summed E-state index contributed by atoms with van der Waals surface area (Å²) >= 11 is 0. The van der Waals surface area contributed by atoms with Gasteiger partial charge in [0.2, 0.25) is 0 Å². The zero-order valence-electron chi connectivity index (χ0n) is 10.8. The average molecular weight is 276 g/mol. The van der Waals surface area contributed by atoms with Gasteiger partial charge in [-0.2, -0.15) is 0 Å². The Bertz CT molecular complexity index is 728. The van der Waals surface area contributed by atoms with Crippen molar-refractivity contribution in [2.45, 2.75) is 6.54 Å². The number of benzene rings is 1. The second-order valence-corrected chi connectivity index (χ2v) is 4.35. The molecule has 0 aliphatic carbocycles. The van der Waals surface area contributed by atoms with Gasteiger partial charge in [0.1, 0.15) is 5.82 Å². The molecule has 2 aromatic rings. The van der Waals surface area contributed by atoms with Crippen molar-refractivity contribution in [3.63, 3.8) is 0 Å². The van der Waals surface area contributed by atoms with E-state index in [1.165, 1.54) is 27.3 Å². The van der Waals surface area contributed by atoms with Crippen LogP contribution in [0.1, 0.15) is 11.1 Å². The lowest BCUT2D eigenvalue weighted by atomic mass is 10.1. The van der Waals surface area contributed by atoms with Gasteiger partial charge in [-0.3, -0.25) is 4.57 Å². The Kier molecular flexibility index (Phi) is 3.84. The molecule has 20 heavy (non-hydrogen) atoms. The van der Waals surface area contributed by atoms with Crippen molar-refractivity contribution >= 4 is 12.0 Å². The smallest absolute Gasteiger partial charge is 0.328 e. The molecular formula is C14H13FN2O3. The summed E-state index contributed by atoms with van der Waals surface area (Å²) in [5.41, 5.74) is 0.718. The first-order valence-corrected chi connectivity index (χ1v) is 5.88. The third kappa shape index (κ3) is 3.03. The van der Waals surface area contributed by atoms with Crippen molar-refractivity contribution < 1.29 is 14.3 Å². The molecule has 5 nitrogen and oxygen atoms in total. The van der Waals surface area contributed by atoms with E-state index in [4.69, 9.17) is 5.11 Å². The average Bonchev–Trinajstić information content (AvgIpc) is 2.71. The minimum absolute atomic E-state index is 0.169. The lowest BCUT2D eigenvalue weighted by molar-refractivity contribution is -0.131. The van der Waals surface area contributed by atoms with Crippen LogP contribution in [0.25, 0.3) is 6.08 Å². The molecule has 1 N–H and O–H groups in total. The van der Waals surface area contributed by atoms with Crippen molar-refractivity contribution in [3.05, 3.63) is 64.1 Å². The van der Waals surface area contributed by atoms with E-state index < -0.39 is 11.8 Å². The largest absolute Gasteiger partial charge is 0.478 e. The van der Waals surface area contributed by atoms with Gasteiger partial charge in [0.25, 0.3) is 0 Å². The first-order chi connectivity index (χ1) is 9.47. The molecule has 0 spiro atoms. The number of halogens is 1. The topological polar surface area (TPSA) is 64.2 Å². The first kappa shape index (κ1) is 13.8. The number of nitrogens with zero attached hydrogens (tertiary/aromatic N) is 2. The van der Waals surface area contributed by atoms with E-state index in [1.54, 1.807) is 25.5 Å². The number of rotatable bonds is 4. The van der Waals surface area contributed by atoms with E-state index in [-0.39, 0.29) is 11.3 Å². The zero-order chi connectivity index (χ0) is 14.7. The van der Waals surface area contributed by atoms with E-state index in [0.717, 1.165) is 6.08 Å². The van der Waals surface area contributed by atoms with Crippen LogP contribution in [0.5, 0.6) is 0 Å². The van der Waals surface area contributed by atoms with Crippen molar-refractivity contribution in [1.29, 1.82) is 0 Å². The van der Waals surface area contributed by atoms with Gasteiger partial charge in [-0.1, -0.05) is 6.07 Å². The summed E-state index contributed by atoms with van der Waals surface area (Å²) in [6.45, 7) is 0.299. The van der Waals surface area contributed by atoms with Crippen molar-refractivity contribution in [3.8, 4) is 0 Å². The first-order valence-electron chi connectivity index (χ1n) is 5.88. The monoisotopic (exact) mass is 276 g/mol. The lowest BCUT2D eigenvalue weighted by Gasteiger charge is -2.04. The Morgan fingerprint density at radius 1 is 1.40 bits per heavy atom. The third-order valence-electron chi connectivity index (χ3n) is 2.84. The molecule has 6 heteroatoms. The Hall–Kier alpha value is -2.63. The van der Waals surface area contributed by atoms with Crippen LogP contribution in [-0.2, 0) is 18.4 Å². The summed E-state index contributed by atoms with van der Waals surface area (Å²) < 4.78 is 16.4. The fraction of sp³-hybridized carbons (Fsp3) is 0.143. The number of carboxylic acids is 1. The van der Waals surface area contributed by atoms with Gasteiger partial charge in [0.05, 0.1) is 6.54 Å². The molecular weight excluding hydrogens is 263 g/mol. The van der Waals surface area contributed by atoms with E-state index in [1.807, 2.05) is 0 Å². The summed E-state index contributed by atoms with van der Waals surface area (Å²) in [5.74, 6) is -1.65. The second-order valence-electron chi connectivity index (χ2n) is 4.35. The van der Waals surface area contributed by atoms with Crippen LogP contribution in [0.2, 0.25) is 0 Å². The number of hydrogen-bond donors (Lipinski definition) is 1. The molecule has 1 aromatic heterocycles. The number of carbonyl (C=O) groups is 1. The highest BCUT2D eigenvalue weighted by molar-refractivity contribution is 5.85. The van der Waals surface area contributed by atoms with E-state index in [0.29, 0.717) is 12.1 Å². The minimum Gasteiger partial charge on any atom is -0.478 e. The van der Waals surface area contributed by atoms with E-state index in [2.05, 4.69) is 0 Å². The molecule has 0 saturated heterocycles. The number of aromatic nitrogens is 2. The number of aryl methyl sites for hydroxylation is 1. The Balaban J connectivity index is 2.30. The molecule has 0 radical (unpaired) electrons. The van der Waals surface area contributed by atoms with Gasteiger partial charge in [-0.15, -0.1) is 0 Å². The van der Waals surface area contributed by atoms with Crippen LogP contribution >= 0.6 is 0 Å². The van der Waals surface area contributed by atoms with Crippen LogP contribution < -0.4 is 5.69 Å². The Labute approximate surface area is 114 Å². The van der Waals surface area contributed by atoms with Crippen LogP contribution in [0, 0.1) is 5.82 Å². The minimum atomic E-state index is -1.14. The number of imidazole rings is 1. The highest BCUT2D eigenvalue weighted by Crippen LogP contribution is 2.13. The second kappa shape index (κ2) is 5.56. The molecule has 0 unspecified atom stereocenters. The molecule has 0 atom stereocenters. The molecule has 0 aliphatic rings. The molecule has 1 heterocycles. The SMILES string of the molecule is Cn1ccn(Cc2ccc(F)c(/C=C/C(=O)O)c2)c1=O. The van der Waals surface area contributed by atoms with Gasteiger partial charge >= 0.3 is 11.7 Å². The maximum absolute atomic E-state index is 13.5. The van der Waals surface area contributed by atoms with Gasteiger partial charge in [0, 0.05) is 31.1 Å². The normalized spacial score (nSPS) is 11.1. The van der Waals surface area contributed by atoms with Gasteiger partial charge in [-0.05, 0) is 23.8 Å². The van der Waals surface area contributed by atoms with Crippen LogP contribution in [0.3, 0.4) is 0 Å². The van der Waals surface area contributed by atoms with E-state index >= 15 is 0 Å². The quantitative estimate of drug-likeness (QED) is 0.860. The fourth-order valence-corrected chi connectivity index (χ4v) is 1.81. The number of carboxylic acid groups (broad SMARTS) is 1. The molecule has 0 amide bonds. The maximum Gasteiger partial charge on any atom is 0.328 e. The predicted molar refractivity (Wildman–Crippen MR) is 71.8 cm³/mol. The summed E-state index contributed by atoms with van der Waals surface area (Å²) in [4.78, 5) is 22.1. The molecule has 104 valence electrons. The third-order valence-corrected chi connectivity index (χ3v) is 2.84. The number of hydrogen-bond acceptors (Lipinski definition) is 2. The fourth-order valence-electron chi connectivity index (χ4n) is 1.81. The predicted octanol–water partition coefficient (Wildman–Crippen LogP) is 1.47. The Morgan fingerprint density at radius 3 is 2.75 bits per heavy atom. The standard InChI is InChI=1S/C14H13FN2O3/c1-16-6-7-17(14(16)20)9-10-2-4-12(15)11(8-10)3-5-13(18)19/h2-8H,9H2,1H3,(H,18,19)/b5-3+. The summed E-state index contributed by atoms with van der Waals surface area (Å²) in [5, 5.41) is 8.55. The van der Waals surface area contributed by atoms with Crippen molar-refractivity contribution in [1.82, 2.24) is 9.13 Å². The van der Waals surface area contributed by atoms with Gasteiger partial charge in [0.15, 0.2) is 0 Å². The van der Waals surface area contributed by atoms with Crippen LogP contribution in [-0.4, -0.2) is 20.2 Å². The van der Waals surface area contributed by atoms with Gasteiger partial charge < -0.3 is 9.67 Å². The summed E-state index contributed by atoms with van der Waals surface area (Å²) in [6.07, 6.45) is 5.33. The van der Waals surface area contributed by atoms with Crippen molar-refractivity contribution in [2.75, 3.05) is 0 Å². The van der Waals surface area contributed by atoms with Crippen molar-refractivity contribution in [2.24, 2.45) is 7.05 Å². The lowest BCUT2D eigenvalue weighted by Crippen LogP contribution is -2.22. The van der Waals surface area contributed by atoms with Crippen LogP contribution in [0.15, 0.2) is 41.5 Å². The number of aliphatic carboxylic acids is 1. The van der Waals surface area contributed by atoms with Gasteiger partial charge in [-0.25, -0.2) is 14.0 Å². The molecule has 0 fully saturated rings. The molecule has 0 saturated carbocycles. The van der Waals surface area contributed by atoms with E-state index in [9.17, 15) is 14.0 Å².